The van der Waals surface area contributed by atoms with Crippen molar-refractivity contribution in [2.24, 2.45) is 0 Å². The molecule has 0 heterocycles. The lowest BCUT2D eigenvalue weighted by atomic mass is 10.2. The molecule has 1 rings (SSSR count). The topological polar surface area (TPSA) is 76.2 Å². The molecule has 0 saturated heterocycles. The van der Waals surface area contributed by atoms with Crippen LogP contribution < -0.4 is 4.74 Å². The number of nitro benzene ring substituents is 1. The van der Waals surface area contributed by atoms with E-state index in [-0.39, 0.29) is 23.6 Å². The molecule has 6 heteroatoms. The van der Waals surface area contributed by atoms with Crippen molar-refractivity contribution in [3.05, 3.63) is 44.9 Å². The largest absolute Gasteiger partial charge is 0.481 e. The van der Waals surface area contributed by atoms with E-state index in [4.69, 9.17) is 10.00 Å². The maximum absolute atomic E-state index is 10.7. The maximum Gasteiger partial charge on any atom is 0.312 e. The van der Waals surface area contributed by atoms with Crippen LogP contribution in [0.5, 0.6) is 5.75 Å². The van der Waals surface area contributed by atoms with Crippen molar-refractivity contribution in [1.29, 1.82) is 5.26 Å². The Kier molecular flexibility index (Phi) is 4.03. The summed E-state index contributed by atoms with van der Waals surface area (Å²) < 4.78 is 5.74. The van der Waals surface area contributed by atoms with Gasteiger partial charge in [0, 0.05) is 10.5 Å². The van der Waals surface area contributed by atoms with Gasteiger partial charge in [-0.25, -0.2) is 0 Å². The summed E-state index contributed by atoms with van der Waals surface area (Å²) in [6.07, 6.45) is 0. The summed E-state index contributed by atoms with van der Waals surface area (Å²) >= 11 is 3.08. The summed E-state index contributed by atoms with van der Waals surface area (Å²) in [4.78, 5) is 10.1. The quantitative estimate of drug-likeness (QED) is 0.628. The molecule has 16 heavy (non-hydrogen) atoms. The van der Waals surface area contributed by atoms with Crippen molar-refractivity contribution in [2.75, 3.05) is 6.61 Å². The molecular weight excluding hydrogens is 276 g/mol. The molecule has 82 valence electrons. The van der Waals surface area contributed by atoms with Crippen LogP contribution in [0.3, 0.4) is 0 Å². The van der Waals surface area contributed by atoms with Crippen LogP contribution in [0.25, 0.3) is 0 Å². The van der Waals surface area contributed by atoms with Crippen LogP contribution >= 0.6 is 15.9 Å². The molecule has 0 spiro atoms. The van der Waals surface area contributed by atoms with Crippen LogP contribution in [0, 0.1) is 21.4 Å². The van der Waals surface area contributed by atoms with Crippen LogP contribution in [-0.4, -0.2) is 11.5 Å². The molecular formula is C10H7BrN2O3. The van der Waals surface area contributed by atoms with Gasteiger partial charge in [-0.15, -0.1) is 0 Å². The Labute approximate surface area is 100 Å². The molecule has 0 fully saturated rings. The minimum absolute atomic E-state index is 0.115. The Morgan fingerprint density at radius 3 is 2.88 bits per heavy atom. The highest BCUT2D eigenvalue weighted by atomic mass is 79.9. The van der Waals surface area contributed by atoms with E-state index in [9.17, 15) is 10.1 Å². The number of nitro groups is 1. The maximum atomic E-state index is 10.7. The summed E-state index contributed by atoms with van der Waals surface area (Å²) in [7, 11) is 0. The van der Waals surface area contributed by atoms with Crippen molar-refractivity contribution < 1.29 is 9.66 Å². The first-order valence-electron chi connectivity index (χ1n) is 4.19. The molecule has 1 aromatic rings. The Bertz CT molecular complexity index is 479. The molecule has 0 unspecified atom stereocenters. The number of ether oxygens (including phenoxy) is 1. The van der Waals surface area contributed by atoms with Gasteiger partial charge in [0.25, 0.3) is 0 Å². The SMILES string of the molecule is C=C(Br)COc1ccc(C#N)cc1[N+](=O)[O-]. The van der Waals surface area contributed by atoms with Gasteiger partial charge in [0.15, 0.2) is 5.75 Å². The third-order valence-corrected chi connectivity index (χ3v) is 1.90. The van der Waals surface area contributed by atoms with E-state index < -0.39 is 4.92 Å². The number of halogens is 1. The standard InChI is InChI=1S/C10H7BrN2O3/c1-7(11)6-16-10-3-2-8(5-12)4-9(10)13(14)15/h2-4H,1,6H2. The number of hydrogen-bond donors (Lipinski definition) is 0. The van der Waals surface area contributed by atoms with Crippen molar-refractivity contribution in [3.63, 3.8) is 0 Å². The van der Waals surface area contributed by atoms with Gasteiger partial charge in [-0.05, 0) is 12.1 Å². The van der Waals surface area contributed by atoms with Gasteiger partial charge in [0.05, 0.1) is 16.6 Å². The number of hydrogen-bond acceptors (Lipinski definition) is 4. The normalized spacial score (nSPS) is 9.25. The first-order chi connectivity index (χ1) is 7.54. The van der Waals surface area contributed by atoms with Crippen molar-refractivity contribution >= 4 is 21.6 Å². The fraction of sp³-hybridized carbons (Fsp3) is 0.100. The van der Waals surface area contributed by atoms with Gasteiger partial charge in [-0.2, -0.15) is 5.26 Å². The summed E-state index contributed by atoms with van der Waals surface area (Å²) in [5, 5.41) is 19.3. The number of nitrogens with zero attached hydrogens (tertiary/aromatic N) is 2. The molecule has 0 atom stereocenters. The highest BCUT2D eigenvalue weighted by Gasteiger charge is 2.15. The molecule has 0 aliphatic rings. The molecule has 0 saturated carbocycles. The Hall–Kier alpha value is -1.87. The monoisotopic (exact) mass is 282 g/mol. The van der Waals surface area contributed by atoms with E-state index in [2.05, 4.69) is 22.5 Å². The Balaban J connectivity index is 3.04. The molecule has 5 nitrogen and oxygen atoms in total. The lowest BCUT2D eigenvalue weighted by Crippen LogP contribution is -2.00. The van der Waals surface area contributed by atoms with Gasteiger partial charge < -0.3 is 4.74 Å². The first kappa shape index (κ1) is 12.2. The van der Waals surface area contributed by atoms with Crippen LogP contribution in [0.1, 0.15) is 5.56 Å². The molecule has 0 radical (unpaired) electrons. The van der Waals surface area contributed by atoms with Crippen LogP contribution in [0.15, 0.2) is 29.3 Å². The highest BCUT2D eigenvalue weighted by molar-refractivity contribution is 9.11. The number of rotatable bonds is 4. The van der Waals surface area contributed by atoms with Gasteiger partial charge in [0.2, 0.25) is 0 Å². The molecule has 0 aliphatic carbocycles. The summed E-state index contributed by atoms with van der Waals surface area (Å²) in [5.74, 6) is 0.115. The van der Waals surface area contributed by atoms with Crippen molar-refractivity contribution in [3.8, 4) is 11.8 Å². The zero-order valence-electron chi connectivity index (χ0n) is 8.14. The third-order valence-electron chi connectivity index (χ3n) is 1.67. The average Bonchev–Trinajstić information content (AvgIpc) is 2.25. The third kappa shape index (κ3) is 3.07. The lowest BCUT2D eigenvalue weighted by molar-refractivity contribution is -0.385. The van der Waals surface area contributed by atoms with E-state index in [1.165, 1.54) is 18.2 Å². The van der Waals surface area contributed by atoms with Crippen molar-refractivity contribution in [2.45, 2.75) is 0 Å². The fourth-order valence-corrected chi connectivity index (χ4v) is 1.12. The smallest absolute Gasteiger partial charge is 0.312 e. The average molecular weight is 283 g/mol. The molecule has 0 aliphatic heterocycles. The van der Waals surface area contributed by atoms with E-state index in [1.54, 1.807) is 0 Å². The fourth-order valence-electron chi connectivity index (χ4n) is 1.01. The molecule has 1 aromatic carbocycles. The van der Waals surface area contributed by atoms with Gasteiger partial charge in [0.1, 0.15) is 6.61 Å². The molecule has 0 bridgehead atoms. The number of nitriles is 1. The van der Waals surface area contributed by atoms with Gasteiger partial charge >= 0.3 is 5.69 Å². The molecule has 0 amide bonds. The van der Waals surface area contributed by atoms with E-state index in [0.717, 1.165) is 0 Å². The minimum atomic E-state index is -0.590. The lowest BCUT2D eigenvalue weighted by Gasteiger charge is -2.05. The van der Waals surface area contributed by atoms with Crippen LogP contribution in [0.2, 0.25) is 0 Å². The van der Waals surface area contributed by atoms with E-state index in [1.807, 2.05) is 6.07 Å². The second-order valence-corrected chi connectivity index (χ2v) is 3.98. The Morgan fingerprint density at radius 1 is 1.69 bits per heavy atom. The molecule has 0 N–H and O–H groups in total. The first-order valence-corrected chi connectivity index (χ1v) is 4.98. The predicted octanol–water partition coefficient (Wildman–Crippen LogP) is 2.75. The Morgan fingerprint density at radius 2 is 2.38 bits per heavy atom. The van der Waals surface area contributed by atoms with Gasteiger partial charge in [-0.3, -0.25) is 10.1 Å². The zero-order chi connectivity index (χ0) is 12.1. The minimum Gasteiger partial charge on any atom is -0.481 e. The summed E-state index contributed by atoms with van der Waals surface area (Å²) in [6, 6.07) is 5.85. The number of benzene rings is 1. The predicted molar refractivity (Wildman–Crippen MR) is 61.4 cm³/mol. The summed E-state index contributed by atoms with van der Waals surface area (Å²) in [5.41, 5.74) is -0.00970. The van der Waals surface area contributed by atoms with E-state index >= 15 is 0 Å². The highest BCUT2D eigenvalue weighted by Crippen LogP contribution is 2.28. The van der Waals surface area contributed by atoms with Crippen LogP contribution in [0.4, 0.5) is 5.69 Å². The zero-order valence-corrected chi connectivity index (χ0v) is 9.73. The van der Waals surface area contributed by atoms with Gasteiger partial charge in [-0.1, -0.05) is 22.5 Å². The van der Waals surface area contributed by atoms with Crippen molar-refractivity contribution in [1.82, 2.24) is 0 Å². The van der Waals surface area contributed by atoms with E-state index in [0.29, 0.717) is 4.48 Å². The van der Waals surface area contributed by atoms with Crippen LogP contribution in [-0.2, 0) is 0 Å². The second kappa shape index (κ2) is 5.28. The second-order valence-electron chi connectivity index (χ2n) is 2.86. The molecule has 0 aromatic heterocycles. The summed E-state index contributed by atoms with van der Waals surface area (Å²) in [6.45, 7) is 3.68.